The Morgan fingerprint density at radius 2 is 1.83 bits per heavy atom. The van der Waals surface area contributed by atoms with Crippen LogP contribution in [0.3, 0.4) is 0 Å². The van der Waals surface area contributed by atoms with Gasteiger partial charge >= 0.3 is 6.18 Å². The Bertz CT molecular complexity index is 1700. The molecule has 1 aliphatic carbocycles. The SMILES string of the molecule is CCc1ncnc(C2CCC2)[nH]n(CC(=O)Nc2ccc(C(F)(F)F)cc2C)c(=O)c1N1CCN(C(=O)/C(NC)=C(\O)C(C)=NC)CC1. The second-order valence-corrected chi connectivity index (χ2v) is 11.7. The number of carbonyl (C=O) groups excluding carboxylic acids is 2. The lowest BCUT2D eigenvalue weighted by Crippen LogP contribution is -2.52. The van der Waals surface area contributed by atoms with Gasteiger partial charge in [-0.05, 0) is 56.9 Å². The standard InChI is InChI=1S/C32H42F3N9O4/c1-6-23-27(42-12-14-43(15-13-42)30(47)26(37-5)28(46)20(3)36-4)31(48)44(41-29(39-18-38-23)21-8-7-9-21)17-25(45)40-24-11-10-22(16-19(24)2)32(33,34)35/h10-11,16,18,21,37,46H,6-9,12-15,17H2,1-5H3,(H,40,45)(H,38,39,41)/b27-23?,28-26+,36-20?. The minimum atomic E-state index is -4.53. The summed E-state index contributed by atoms with van der Waals surface area (Å²) in [7, 11) is 3.04. The summed E-state index contributed by atoms with van der Waals surface area (Å²) in [6.07, 6.45) is -0.0847. The molecule has 1 saturated heterocycles. The number of aryl methyl sites for hydroxylation is 2. The number of H-pyrrole nitrogens is 1. The van der Waals surface area contributed by atoms with Crippen molar-refractivity contribution in [3.05, 3.63) is 69.0 Å². The maximum absolute atomic E-state index is 14.4. The van der Waals surface area contributed by atoms with Crippen LogP contribution < -0.4 is 21.1 Å². The molecule has 260 valence electrons. The zero-order chi connectivity index (χ0) is 35.2. The highest BCUT2D eigenvalue weighted by Crippen LogP contribution is 2.34. The Morgan fingerprint density at radius 1 is 1.15 bits per heavy atom. The number of carbonyl (C=O) groups is 2. The highest BCUT2D eigenvalue weighted by Gasteiger charge is 2.31. The predicted octanol–water partition coefficient (Wildman–Crippen LogP) is 3.61. The number of nitrogens with zero attached hydrogens (tertiary/aromatic N) is 6. The van der Waals surface area contributed by atoms with Gasteiger partial charge in [-0.3, -0.25) is 24.5 Å². The number of likely N-dealkylation sites (N-methyl/N-ethyl adjacent to an activating group) is 1. The molecular weight excluding hydrogens is 631 g/mol. The fraction of sp³-hybridized carbons (Fsp3) is 0.500. The highest BCUT2D eigenvalue weighted by atomic mass is 19.4. The first-order chi connectivity index (χ1) is 22.8. The summed E-state index contributed by atoms with van der Waals surface area (Å²) >= 11 is 0. The Balaban J connectivity index is 1.69. The Kier molecular flexibility index (Phi) is 11.5. The van der Waals surface area contributed by atoms with Gasteiger partial charge in [0.1, 0.15) is 30.1 Å². The molecule has 2 heterocycles. The molecule has 1 aromatic heterocycles. The number of piperazine rings is 1. The molecular formula is C32H42F3N9O4. The van der Waals surface area contributed by atoms with Crippen LogP contribution in [-0.2, 0) is 28.7 Å². The Hall–Kier alpha value is -4.89. The zero-order valence-corrected chi connectivity index (χ0v) is 27.7. The molecule has 4 rings (SSSR count). The fourth-order valence-electron chi connectivity index (χ4n) is 5.48. The Labute approximate surface area is 276 Å². The third-order valence-electron chi connectivity index (χ3n) is 8.60. The van der Waals surface area contributed by atoms with Crippen LogP contribution in [0.4, 0.5) is 24.5 Å². The van der Waals surface area contributed by atoms with Crippen LogP contribution in [0.25, 0.3) is 0 Å². The molecule has 1 aromatic carbocycles. The third-order valence-corrected chi connectivity index (χ3v) is 8.60. The molecule has 13 nitrogen and oxygen atoms in total. The van der Waals surface area contributed by atoms with Crippen molar-refractivity contribution in [2.24, 2.45) is 4.99 Å². The number of hydrogen-bond acceptors (Lipinski definition) is 9. The maximum Gasteiger partial charge on any atom is 0.416 e. The zero-order valence-electron chi connectivity index (χ0n) is 27.7. The van der Waals surface area contributed by atoms with Gasteiger partial charge in [-0.1, -0.05) is 13.3 Å². The van der Waals surface area contributed by atoms with E-state index < -0.39 is 35.7 Å². The molecule has 0 unspecified atom stereocenters. The van der Waals surface area contributed by atoms with Gasteiger partial charge in [-0.15, -0.1) is 0 Å². The van der Waals surface area contributed by atoms with E-state index in [0.29, 0.717) is 23.7 Å². The number of halogens is 3. The maximum atomic E-state index is 14.4. The fourth-order valence-corrected chi connectivity index (χ4v) is 5.48. The van der Waals surface area contributed by atoms with E-state index in [9.17, 15) is 32.7 Å². The molecule has 16 heteroatoms. The van der Waals surface area contributed by atoms with E-state index in [1.54, 1.807) is 11.8 Å². The average Bonchev–Trinajstić information content (AvgIpc) is 3.08. The molecule has 2 aromatic rings. The summed E-state index contributed by atoms with van der Waals surface area (Å²) in [6.45, 7) is 5.38. The van der Waals surface area contributed by atoms with Crippen LogP contribution >= 0.6 is 0 Å². The lowest BCUT2D eigenvalue weighted by Gasteiger charge is -2.36. The lowest BCUT2D eigenvalue weighted by atomic mass is 9.85. The second-order valence-electron chi connectivity index (χ2n) is 11.7. The number of aliphatic hydroxyl groups is 1. The van der Waals surface area contributed by atoms with E-state index in [0.717, 1.165) is 36.1 Å². The van der Waals surface area contributed by atoms with Crippen molar-refractivity contribution >= 4 is 28.9 Å². The Morgan fingerprint density at radius 3 is 2.38 bits per heavy atom. The summed E-state index contributed by atoms with van der Waals surface area (Å²) in [4.78, 5) is 57.3. The molecule has 0 radical (unpaired) electrons. The number of alkyl halides is 3. The molecule has 0 bridgehead atoms. The van der Waals surface area contributed by atoms with E-state index in [1.807, 2.05) is 11.8 Å². The quantitative estimate of drug-likeness (QED) is 0.178. The van der Waals surface area contributed by atoms with Crippen molar-refractivity contribution in [3.8, 4) is 0 Å². The van der Waals surface area contributed by atoms with Crippen molar-refractivity contribution in [3.63, 3.8) is 0 Å². The minimum Gasteiger partial charge on any atom is -0.504 e. The van der Waals surface area contributed by atoms with Crippen LogP contribution in [0.15, 0.2) is 45.8 Å². The van der Waals surface area contributed by atoms with E-state index in [1.165, 1.54) is 33.4 Å². The monoisotopic (exact) mass is 673 g/mol. The highest BCUT2D eigenvalue weighted by molar-refractivity contribution is 6.05. The number of aliphatic imine (C=N–C) groups is 1. The predicted molar refractivity (Wildman–Crippen MR) is 176 cm³/mol. The van der Waals surface area contributed by atoms with Gasteiger partial charge in [0.15, 0.2) is 5.76 Å². The second kappa shape index (κ2) is 15.3. The van der Waals surface area contributed by atoms with Crippen LogP contribution in [0.1, 0.15) is 61.7 Å². The molecule has 1 saturated carbocycles. The molecule has 4 N–H and O–H groups in total. The van der Waals surface area contributed by atoms with Crippen LogP contribution in [0, 0.1) is 6.92 Å². The van der Waals surface area contributed by atoms with Crippen molar-refractivity contribution < 1.29 is 27.9 Å². The van der Waals surface area contributed by atoms with Crippen LogP contribution in [0.2, 0.25) is 0 Å². The van der Waals surface area contributed by atoms with E-state index in [4.69, 9.17) is 0 Å². The average molecular weight is 674 g/mol. The molecule has 2 amide bonds. The number of hydrogen-bond donors (Lipinski definition) is 4. The minimum absolute atomic E-state index is 0.00785. The number of anilines is 2. The first kappa shape index (κ1) is 36.0. The van der Waals surface area contributed by atoms with Gasteiger partial charge < -0.3 is 25.5 Å². The first-order valence-electron chi connectivity index (χ1n) is 15.8. The molecule has 48 heavy (non-hydrogen) atoms. The molecule has 0 atom stereocenters. The van der Waals surface area contributed by atoms with E-state index >= 15 is 0 Å². The summed E-state index contributed by atoms with van der Waals surface area (Å²) in [5.41, 5.74) is 0.00831. The van der Waals surface area contributed by atoms with Crippen LogP contribution in [-0.4, -0.2) is 87.6 Å². The molecule has 0 spiro atoms. The van der Waals surface area contributed by atoms with Crippen molar-refractivity contribution in [1.29, 1.82) is 0 Å². The van der Waals surface area contributed by atoms with Gasteiger partial charge in [0.05, 0.1) is 17.0 Å². The van der Waals surface area contributed by atoms with E-state index in [2.05, 4.69) is 30.7 Å². The number of aromatic amines is 1. The molecule has 2 fully saturated rings. The summed E-state index contributed by atoms with van der Waals surface area (Å²) in [5.74, 6) is -0.769. The molecule has 1 aliphatic heterocycles. The van der Waals surface area contributed by atoms with E-state index in [-0.39, 0.29) is 60.5 Å². The van der Waals surface area contributed by atoms with Gasteiger partial charge in [0.2, 0.25) is 5.91 Å². The summed E-state index contributed by atoms with van der Waals surface area (Å²) < 4.78 is 40.7. The summed E-state index contributed by atoms with van der Waals surface area (Å²) in [6, 6.07) is 3.02. The van der Waals surface area contributed by atoms with Crippen molar-refractivity contribution in [2.45, 2.75) is 65.1 Å². The van der Waals surface area contributed by atoms with Gasteiger partial charge in [-0.25, -0.2) is 14.6 Å². The molecule has 2 aliphatic rings. The van der Waals surface area contributed by atoms with Gasteiger partial charge in [0, 0.05) is 51.9 Å². The first-order valence-corrected chi connectivity index (χ1v) is 15.8. The number of rotatable bonds is 9. The number of nitrogens with one attached hydrogen (secondary N) is 3. The lowest BCUT2D eigenvalue weighted by molar-refractivity contribution is -0.137. The van der Waals surface area contributed by atoms with Crippen molar-refractivity contribution in [2.75, 3.05) is 50.5 Å². The number of amides is 2. The summed E-state index contributed by atoms with van der Waals surface area (Å²) in [5, 5.41) is 19.0. The van der Waals surface area contributed by atoms with Crippen molar-refractivity contribution in [1.82, 2.24) is 30.0 Å². The normalized spacial score (nSPS) is 16.1. The largest absolute Gasteiger partial charge is 0.504 e. The number of benzene rings is 1. The number of aromatic nitrogens is 4. The topological polar surface area (TPSA) is 161 Å². The number of allylic oxidation sites excluding steroid dienone is 1. The van der Waals surface area contributed by atoms with Gasteiger partial charge in [-0.2, -0.15) is 13.2 Å². The number of aliphatic hydroxyl groups excluding tert-OH is 1. The van der Waals surface area contributed by atoms with Crippen LogP contribution in [0.5, 0.6) is 0 Å². The third kappa shape index (κ3) is 8.15. The van der Waals surface area contributed by atoms with Gasteiger partial charge in [0.25, 0.3) is 11.5 Å². The smallest absolute Gasteiger partial charge is 0.416 e.